The normalized spacial score (nSPS) is 27.6. The lowest BCUT2D eigenvalue weighted by Gasteiger charge is -2.19. The first-order chi connectivity index (χ1) is 6.50. The molecule has 0 heterocycles. The molecule has 1 saturated carbocycles. The molecule has 0 radical (unpaired) electrons. The third-order valence-electron chi connectivity index (χ3n) is 3.27. The van der Waals surface area contributed by atoms with Gasteiger partial charge in [0.25, 0.3) is 0 Å². The van der Waals surface area contributed by atoms with Gasteiger partial charge in [0.15, 0.2) is 0 Å². The molecule has 0 aromatic rings. The average molecular weight is 195 g/mol. The van der Waals surface area contributed by atoms with E-state index in [-0.39, 0.29) is 0 Å². The predicted octanol–water partition coefficient (Wildman–Crippen LogP) is 3.37. The molecule has 0 aliphatic heterocycles. The van der Waals surface area contributed by atoms with Crippen molar-refractivity contribution in [2.45, 2.75) is 59.0 Å². The lowest BCUT2D eigenvalue weighted by molar-refractivity contribution is 0.456. The van der Waals surface area contributed by atoms with Crippen molar-refractivity contribution in [1.82, 2.24) is 5.32 Å². The van der Waals surface area contributed by atoms with Gasteiger partial charge in [0.05, 0.1) is 0 Å². The molecule has 2 unspecified atom stereocenters. The summed E-state index contributed by atoms with van der Waals surface area (Å²) in [5, 5.41) is 3.62. The molecule has 1 heteroatoms. The second-order valence-electron chi connectivity index (χ2n) is 5.26. The maximum Gasteiger partial charge on any atom is 0.00753 e. The van der Waals surface area contributed by atoms with Crippen LogP contribution in [0.15, 0.2) is 12.2 Å². The predicted molar refractivity (Wildman–Crippen MR) is 63.4 cm³/mol. The Morgan fingerprint density at radius 1 is 1.21 bits per heavy atom. The van der Waals surface area contributed by atoms with E-state index < -0.39 is 0 Å². The van der Waals surface area contributed by atoms with Crippen molar-refractivity contribution in [3.8, 4) is 0 Å². The number of allylic oxidation sites excluding steroid dienone is 1. The molecule has 2 atom stereocenters. The molecular weight excluding hydrogens is 170 g/mol. The van der Waals surface area contributed by atoms with E-state index in [0.717, 1.165) is 12.0 Å². The van der Waals surface area contributed by atoms with Gasteiger partial charge in [-0.25, -0.2) is 0 Å². The lowest BCUT2D eigenvalue weighted by atomic mass is 9.90. The fourth-order valence-electron chi connectivity index (χ4n) is 2.41. The van der Waals surface area contributed by atoms with Gasteiger partial charge in [-0.2, -0.15) is 0 Å². The molecular formula is C13H25N. The van der Waals surface area contributed by atoms with Crippen LogP contribution in [0.25, 0.3) is 0 Å². The highest BCUT2D eigenvalue weighted by molar-refractivity contribution is 5.07. The van der Waals surface area contributed by atoms with E-state index in [1.807, 2.05) is 0 Å². The van der Waals surface area contributed by atoms with Crippen molar-refractivity contribution in [3.05, 3.63) is 12.2 Å². The third kappa shape index (κ3) is 3.13. The molecule has 0 aromatic carbocycles. The van der Waals surface area contributed by atoms with Crippen molar-refractivity contribution < 1.29 is 0 Å². The Balaban J connectivity index is 2.37. The first kappa shape index (κ1) is 11.8. The molecule has 1 nitrogen and oxygen atoms in total. The van der Waals surface area contributed by atoms with Gasteiger partial charge in [0, 0.05) is 12.1 Å². The molecule has 1 rings (SSSR count). The van der Waals surface area contributed by atoms with Crippen LogP contribution in [0.4, 0.5) is 0 Å². The molecule has 1 aliphatic carbocycles. The molecule has 0 spiro atoms. The van der Waals surface area contributed by atoms with Crippen LogP contribution in [0.1, 0.15) is 47.0 Å². The zero-order chi connectivity index (χ0) is 10.7. The van der Waals surface area contributed by atoms with Crippen molar-refractivity contribution in [2.75, 3.05) is 0 Å². The van der Waals surface area contributed by atoms with E-state index in [4.69, 9.17) is 0 Å². The van der Waals surface area contributed by atoms with E-state index in [2.05, 4.69) is 39.6 Å². The van der Waals surface area contributed by atoms with Crippen LogP contribution in [-0.4, -0.2) is 12.1 Å². The molecule has 14 heavy (non-hydrogen) atoms. The summed E-state index contributed by atoms with van der Waals surface area (Å²) in [6.45, 7) is 13.2. The third-order valence-corrected chi connectivity index (χ3v) is 3.27. The molecule has 0 saturated heterocycles. The summed E-state index contributed by atoms with van der Waals surface area (Å²) in [4.78, 5) is 0. The Labute approximate surface area is 89.0 Å². The summed E-state index contributed by atoms with van der Waals surface area (Å²) in [6.07, 6.45) is 3.96. The highest BCUT2D eigenvalue weighted by Crippen LogP contribution is 2.34. The monoisotopic (exact) mass is 195 g/mol. The highest BCUT2D eigenvalue weighted by Gasteiger charge is 2.27. The van der Waals surface area contributed by atoms with Crippen molar-refractivity contribution >= 4 is 0 Å². The molecule has 82 valence electrons. The van der Waals surface area contributed by atoms with Gasteiger partial charge < -0.3 is 5.32 Å². The van der Waals surface area contributed by atoms with E-state index in [1.54, 1.807) is 0 Å². The van der Waals surface area contributed by atoms with Crippen molar-refractivity contribution in [3.63, 3.8) is 0 Å². The summed E-state index contributed by atoms with van der Waals surface area (Å²) < 4.78 is 0. The van der Waals surface area contributed by atoms with Gasteiger partial charge >= 0.3 is 0 Å². The topological polar surface area (TPSA) is 12.0 Å². The van der Waals surface area contributed by atoms with Crippen LogP contribution in [0, 0.1) is 11.8 Å². The van der Waals surface area contributed by atoms with Gasteiger partial charge in [-0.3, -0.25) is 0 Å². The van der Waals surface area contributed by atoms with Crippen LogP contribution in [0.2, 0.25) is 0 Å². The summed E-state index contributed by atoms with van der Waals surface area (Å²) >= 11 is 0. The summed E-state index contributed by atoms with van der Waals surface area (Å²) in [5.74, 6) is 1.42. The maximum absolute atomic E-state index is 4.22. The van der Waals surface area contributed by atoms with Gasteiger partial charge in [0.2, 0.25) is 0 Å². The van der Waals surface area contributed by atoms with Gasteiger partial charge in [-0.05, 0) is 31.1 Å². The first-order valence-corrected chi connectivity index (χ1v) is 5.95. The maximum atomic E-state index is 4.22. The van der Waals surface area contributed by atoms with Gasteiger partial charge in [-0.1, -0.05) is 39.8 Å². The fraction of sp³-hybridized carbons (Fsp3) is 0.846. The van der Waals surface area contributed by atoms with Crippen LogP contribution in [0.3, 0.4) is 0 Å². The Bertz CT molecular complexity index is 193. The zero-order valence-corrected chi connectivity index (χ0v) is 10.1. The minimum absolute atomic E-state index is 0.617. The molecule has 0 amide bonds. The minimum Gasteiger partial charge on any atom is -0.312 e. The molecule has 1 aliphatic rings. The Hall–Kier alpha value is -0.300. The van der Waals surface area contributed by atoms with Crippen LogP contribution in [-0.2, 0) is 0 Å². The Kier molecular flexibility index (Phi) is 4.18. The van der Waals surface area contributed by atoms with Gasteiger partial charge in [0.1, 0.15) is 0 Å². The van der Waals surface area contributed by atoms with Crippen LogP contribution >= 0.6 is 0 Å². The highest BCUT2D eigenvalue weighted by atomic mass is 14.9. The quantitative estimate of drug-likeness (QED) is 0.678. The minimum atomic E-state index is 0.617. The largest absolute Gasteiger partial charge is 0.312 e. The Morgan fingerprint density at radius 3 is 2.36 bits per heavy atom. The summed E-state index contributed by atoms with van der Waals surface area (Å²) in [6, 6.07) is 1.35. The van der Waals surface area contributed by atoms with Crippen LogP contribution < -0.4 is 5.32 Å². The standard InChI is InChI=1S/C13H25N/c1-9(2)11(5)12-6-7-13(8-12)14-10(3)4/h9-10,12-14H,5-8H2,1-4H3. The number of hydrogen-bond donors (Lipinski definition) is 1. The van der Waals surface area contributed by atoms with E-state index >= 15 is 0 Å². The van der Waals surface area contributed by atoms with Crippen molar-refractivity contribution in [1.29, 1.82) is 0 Å². The smallest absolute Gasteiger partial charge is 0.00753 e. The van der Waals surface area contributed by atoms with E-state index in [1.165, 1.54) is 24.8 Å². The first-order valence-electron chi connectivity index (χ1n) is 5.95. The van der Waals surface area contributed by atoms with Crippen LogP contribution in [0.5, 0.6) is 0 Å². The molecule has 1 N–H and O–H groups in total. The van der Waals surface area contributed by atoms with Gasteiger partial charge in [-0.15, -0.1) is 0 Å². The number of hydrogen-bond acceptors (Lipinski definition) is 1. The number of rotatable bonds is 4. The molecule has 0 aromatic heterocycles. The number of nitrogens with one attached hydrogen (secondary N) is 1. The zero-order valence-electron chi connectivity index (χ0n) is 10.1. The van der Waals surface area contributed by atoms with E-state index in [0.29, 0.717) is 12.0 Å². The second-order valence-corrected chi connectivity index (χ2v) is 5.26. The molecule has 0 bridgehead atoms. The summed E-state index contributed by atoms with van der Waals surface area (Å²) in [7, 11) is 0. The SMILES string of the molecule is C=C(C(C)C)C1CCC(NC(C)C)C1. The lowest BCUT2D eigenvalue weighted by Crippen LogP contribution is -2.32. The second kappa shape index (κ2) is 4.97. The summed E-state index contributed by atoms with van der Waals surface area (Å²) in [5.41, 5.74) is 1.46. The van der Waals surface area contributed by atoms with Crippen molar-refractivity contribution in [2.24, 2.45) is 11.8 Å². The van der Waals surface area contributed by atoms with E-state index in [9.17, 15) is 0 Å². The average Bonchev–Trinajstić information content (AvgIpc) is 2.50. The molecule has 1 fully saturated rings. The fourth-order valence-corrected chi connectivity index (χ4v) is 2.41. The Morgan fingerprint density at radius 2 is 1.86 bits per heavy atom.